The van der Waals surface area contributed by atoms with Gasteiger partial charge in [-0.15, -0.1) is 0 Å². The quantitative estimate of drug-likeness (QED) is 0.876. The Bertz CT molecular complexity index is 800. The summed E-state index contributed by atoms with van der Waals surface area (Å²) < 4.78 is 13.8. The Balaban J connectivity index is 1.96. The third-order valence-electron chi connectivity index (χ3n) is 3.62. The lowest BCUT2D eigenvalue weighted by molar-refractivity contribution is 0.624. The van der Waals surface area contributed by atoms with E-state index in [9.17, 15) is 4.39 Å². The summed E-state index contributed by atoms with van der Waals surface area (Å²) in [6.45, 7) is 6.11. The van der Waals surface area contributed by atoms with Crippen LogP contribution in [0.25, 0.3) is 0 Å². The first-order valence-corrected chi connectivity index (χ1v) is 7.98. The first kappa shape index (κ1) is 16.2. The first-order chi connectivity index (χ1) is 11.4. The van der Waals surface area contributed by atoms with Gasteiger partial charge < -0.3 is 10.6 Å². The minimum atomic E-state index is -0.549. The molecule has 124 valence electrons. The highest BCUT2D eigenvalue weighted by atomic mass is 19.1. The number of anilines is 3. The predicted octanol–water partition coefficient (Wildman–Crippen LogP) is 4.32. The molecule has 0 atom stereocenters. The summed E-state index contributed by atoms with van der Waals surface area (Å²) in [7, 11) is 0. The summed E-state index contributed by atoms with van der Waals surface area (Å²) >= 11 is 0. The maximum Gasteiger partial charge on any atom is 0.225 e. The molecule has 3 rings (SSSR count). The number of rotatable bonds is 4. The van der Waals surface area contributed by atoms with Gasteiger partial charge in [0.15, 0.2) is 0 Å². The zero-order valence-corrected chi connectivity index (χ0v) is 14.0. The highest BCUT2D eigenvalue weighted by molar-refractivity contribution is 5.65. The van der Waals surface area contributed by atoms with Crippen LogP contribution in [-0.4, -0.2) is 15.5 Å². The third kappa shape index (κ3) is 3.80. The van der Waals surface area contributed by atoms with Crippen LogP contribution in [0, 0.1) is 17.1 Å². The first-order valence-electron chi connectivity index (χ1n) is 7.98. The Morgan fingerprint density at radius 2 is 2.00 bits per heavy atom. The van der Waals surface area contributed by atoms with Crippen LogP contribution >= 0.6 is 0 Å². The van der Waals surface area contributed by atoms with E-state index in [-0.39, 0.29) is 11.1 Å². The SMILES string of the molecule is CC(C)(C)Nc1nc(Nc2cccc(F)c2C#N)cc(C2CC2)n1. The number of benzene rings is 1. The second kappa shape index (κ2) is 6.08. The molecule has 2 aromatic rings. The fourth-order valence-corrected chi connectivity index (χ4v) is 2.39. The van der Waals surface area contributed by atoms with Crippen LogP contribution in [0.3, 0.4) is 0 Å². The molecule has 1 aromatic heterocycles. The van der Waals surface area contributed by atoms with Crippen molar-refractivity contribution in [1.29, 1.82) is 5.26 Å². The van der Waals surface area contributed by atoms with Crippen LogP contribution < -0.4 is 10.6 Å². The zero-order valence-electron chi connectivity index (χ0n) is 14.0. The van der Waals surface area contributed by atoms with E-state index < -0.39 is 5.82 Å². The Kier molecular flexibility index (Phi) is 4.10. The Morgan fingerprint density at radius 1 is 1.25 bits per heavy atom. The normalized spacial score (nSPS) is 14.1. The average molecular weight is 325 g/mol. The summed E-state index contributed by atoms with van der Waals surface area (Å²) in [6, 6.07) is 8.26. The molecule has 0 radical (unpaired) electrons. The van der Waals surface area contributed by atoms with Crippen LogP contribution in [0.2, 0.25) is 0 Å². The number of nitriles is 1. The molecule has 6 heteroatoms. The molecular weight excluding hydrogens is 305 g/mol. The summed E-state index contributed by atoms with van der Waals surface area (Å²) in [5.74, 6) is 0.995. The van der Waals surface area contributed by atoms with Gasteiger partial charge in [-0.25, -0.2) is 9.37 Å². The minimum absolute atomic E-state index is 0.0191. The molecule has 24 heavy (non-hydrogen) atoms. The Morgan fingerprint density at radius 3 is 2.62 bits per heavy atom. The maximum absolute atomic E-state index is 13.8. The fraction of sp³-hybridized carbons (Fsp3) is 0.389. The van der Waals surface area contributed by atoms with Crippen molar-refractivity contribution in [3.8, 4) is 6.07 Å². The molecule has 1 aliphatic rings. The van der Waals surface area contributed by atoms with Crippen LogP contribution in [-0.2, 0) is 0 Å². The third-order valence-corrected chi connectivity index (χ3v) is 3.62. The van der Waals surface area contributed by atoms with Crippen molar-refractivity contribution in [2.24, 2.45) is 0 Å². The lowest BCUT2D eigenvalue weighted by atomic mass is 10.1. The fourth-order valence-electron chi connectivity index (χ4n) is 2.39. The van der Waals surface area contributed by atoms with Crippen molar-refractivity contribution in [3.63, 3.8) is 0 Å². The summed E-state index contributed by atoms with van der Waals surface area (Å²) in [4.78, 5) is 9.05. The van der Waals surface area contributed by atoms with Gasteiger partial charge >= 0.3 is 0 Å². The molecule has 0 spiro atoms. The van der Waals surface area contributed by atoms with Gasteiger partial charge in [-0.1, -0.05) is 6.07 Å². The van der Waals surface area contributed by atoms with Gasteiger partial charge in [-0.05, 0) is 45.7 Å². The monoisotopic (exact) mass is 325 g/mol. The van der Waals surface area contributed by atoms with Gasteiger partial charge in [0.25, 0.3) is 0 Å². The van der Waals surface area contributed by atoms with E-state index in [1.54, 1.807) is 12.1 Å². The van der Waals surface area contributed by atoms with Gasteiger partial charge in [0.05, 0.1) is 11.4 Å². The van der Waals surface area contributed by atoms with E-state index in [1.165, 1.54) is 6.07 Å². The van der Waals surface area contributed by atoms with Crippen LogP contribution in [0.5, 0.6) is 0 Å². The minimum Gasteiger partial charge on any atom is -0.350 e. The number of halogens is 1. The molecule has 1 saturated carbocycles. The molecule has 0 aliphatic heterocycles. The van der Waals surface area contributed by atoms with Crippen molar-refractivity contribution >= 4 is 17.5 Å². The number of hydrogen-bond donors (Lipinski definition) is 2. The van der Waals surface area contributed by atoms with Gasteiger partial charge in [0, 0.05) is 17.5 Å². The number of nitrogens with one attached hydrogen (secondary N) is 2. The van der Waals surface area contributed by atoms with Gasteiger partial charge in [-0.3, -0.25) is 0 Å². The summed E-state index contributed by atoms with van der Waals surface area (Å²) in [6.07, 6.45) is 2.24. The van der Waals surface area contributed by atoms with Gasteiger partial charge in [-0.2, -0.15) is 10.2 Å². The molecule has 1 heterocycles. The number of nitrogens with zero attached hydrogens (tertiary/aromatic N) is 3. The van der Waals surface area contributed by atoms with Gasteiger partial charge in [0.2, 0.25) is 5.95 Å². The molecule has 0 amide bonds. The second-order valence-electron chi connectivity index (χ2n) is 7.05. The van der Waals surface area contributed by atoms with Crippen LogP contribution in [0.15, 0.2) is 24.3 Å². The van der Waals surface area contributed by atoms with Crippen molar-refractivity contribution in [1.82, 2.24) is 9.97 Å². The van der Waals surface area contributed by atoms with E-state index in [2.05, 4.69) is 20.6 Å². The summed E-state index contributed by atoms with van der Waals surface area (Å²) in [5.41, 5.74) is 1.18. The lowest BCUT2D eigenvalue weighted by Crippen LogP contribution is -2.27. The van der Waals surface area contributed by atoms with E-state index >= 15 is 0 Å². The molecule has 0 saturated heterocycles. The average Bonchev–Trinajstić information content (AvgIpc) is 3.30. The molecule has 1 aliphatic carbocycles. The Labute approximate surface area is 140 Å². The summed E-state index contributed by atoms with van der Waals surface area (Å²) in [5, 5.41) is 15.5. The molecule has 0 unspecified atom stereocenters. The van der Waals surface area contributed by atoms with Crippen molar-refractivity contribution in [2.45, 2.75) is 45.1 Å². The molecule has 1 aromatic carbocycles. The van der Waals surface area contributed by atoms with E-state index in [4.69, 9.17) is 5.26 Å². The smallest absolute Gasteiger partial charge is 0.225 e. The van der Waals surface area contributed by atoms with Gasteiger partial charge in [0.1, 0.15) is 23.3 Å². The van der Waals surface area contributed by atoms with Crippen molar-refractivity contribution in [2.75, 3.05) is 10.6 Å². The van der Waals surface area contributed by atoms with Crippen LogP contribution in [0.1, 0.15) is 50.8 Å². The van der Waals surface area contributed by atoms with E-state index in [1.807, 2.05) is 32.9 Å². The molecule has 1 fully saturated rings. The topological polar surface area (TPSA) is 73.6 Å². The molecule has 0 bridgehead atoms. The van der Waals surface area contributed by atoms with E-state index in [0.717, 1.165) is 18.5 Å². The lowest BCUT2D eigenvalue weighted by Gasteiger charge is -2.21. The number of hydrogen-bond acceptors (Lipinski definition) is 5. The predicted molar refractivity (Wildman–Crippen MR) is 91.8 cm³/mol. The van der Waals surface area contributed by atoms with Crippen molar-refractivity contribution < 1.29 is 4.39 Å². The van der Waals surface area contributed by atoms with Crippen molar-refractivity contribution in [3.05, 3.63) is 41.3 Å². The Hall–Kier alpha value is -2.68. The zero-order chi connectivity index (χ0) is 17.3. The molecule has 2 N–H and O–H groups in total. The highest BCUT2D eigenvalue weighted by Crippen LogP contribution is 2.40. The standard InChI is InChI=1S/C18H20FN5/c1-18(2,3)24-17-22-15(11-7-8-11)9-16(23-17)21-14-6-4-5-13(19)12(14)10-20/h4-6,9,11H,7-8H2,1-3H3,(H2,21,22,23,24). The molecular formula is C18H20FN5. The highest BCUT2D eigenvalue weighted by Gasteiger charge is 2.27. The molecule has 5 nitrogen and oxygen atoms in total. The van der Waals surface area contributed by atoms with Crippen LogP contribution in [0.4, 0.5) is 21.8 Å². The maximum atomic E-state index is 13.8. The number of aromatic nitrogens is 2. The van der Waals surface area contributed by atoms with E-state index in [0.29, 0.717) is 23.4 Å². The largest absolute Gasteiger partial charge is 0.350 e. The second-order valence-corrected chi connectivity index (χ2v) is 7.05.